The monoisotopic (exact) mass is 190 g/mol. The molecule has 0 spiro atoms. The summed E-state index contributed by atoms with van der Waals surface area (Å²) in [4.78, 5) is 0. The van der Waals surface area contributed by atoms with E-state index in [0.29, 0.717) is 0 Å². The molecule has 1 heterocycles. The van der Waals surface area contributed by atoms with Crippen LogP contribution in [0.5, 0.6) is 0 Å². The highest BCUT2D eigenvalue weighted by Gasteiger charge is 2.28. The first kappa shape index (κ1) is 9.69. The van der Waals surface area contributed by atoms with Gasteiger partial charge in [0.15, 0.2) is 0 Å². The predicted molar refractivity (Wildman–Crippen MR) is 59.2 cm³/mol. The standard InChI is InChI=1S/C12H18N2/c13-12(8-9-14-10-12)7-6-11-4-2-1-3-5-11/h1-5,14H,6-10,13H2. The fourth-order valence-electron chi connectivity index (χ4n) is 2.01. The lowest BCUT2D eigenvalue weighted by Gasteiger charge is -2.22. The highest BCUT2D eigenvalue weighted by molar-refractivity contribution is 5.15. The summed E-state index contributed by atoms with van der Waals surface area (Å²) in [7, 11) is 0. The molecule has 0 aliphatic carbocycles. The van der Waals surface area contributed by atoms with Crippen molar-refractivity contribution in [3.05, 3.63) is 35.9 Å². The van der Waals surface area contributed by atoms with E-state index < -0.39 is 0 Å². The normalized spacial score (nSPS) is 26.6. The number of benzene rings is 1. The Bertz CT molecular complexity index is 276. The van der Waals surface area contributed by atoms with Crippen LogP contribution in [0.4, 0.5) is 0 Å². The highest BCUT2D eigenvalue weighted by Crippen LogP contribution is 2.18. The van der Waals surface area contributed by atoms with Gasteiger partial charge in [-0.05, 0) is 31.4 Å². The molecule has 1 aromatic rings. The van der Waals surface area contributed by atoms with Gasteiger partial charge in [0, 0.05) is 12.1 Å². The smallest absolute Gasteiger partial charge is 0.0296 e. The topological polar surface area (TPSA) is 38.0 Å². The van der Waals surface area contributed by atoms with Gasteiger partial charge in [0.1, 0.15) is 0 Å². The van der Waals surface area contributed by atoms with Crippen molar-refractivity contribution in [3.8, 4) is 0 Å². The molecule has 14 heavy (non-hydrogen) atoms. The first-order valence-electron chi connectivity index (χ1n) is 5.32. The fourth-order valence-corrected chi connectivity index (χ4v) is 2.01. The van der Waals surface area contributed by atoms with Gasteiger partial charge in [-0.3, -0.25) is 0 Å². The predicted octanol–water partition coefficient (Wildman–Crippen LogP) is 1.31. The largest absolute Gasteiger partial charge is 0.324 e. The van der Waals surface area contributed by atoms with Crippen molar-refractivity contribution in [3.63, 3.8) is 0 Å². The van der Waals surface area contributed by atoms with Crippen molar-refractivity contribution in [1.82, 2.24) is 5.32 Å². The van der Waals surface area contributed by atoms with E-state index in [9.17, 15) is 0 Å². The summed E-state index contributed by atoms with van der Waals surface area (Å²) >= 11 is 0. The van der Waals surface area contributed by atoms with Gasteiger partial charge in [-0.15, -0.1) is 0 Å². The maximum atomic E-state index is 6.24. The molecule has 2 heteroatoms. The number of aryl methyl sites for hydroxylation is 1. The van der Waals surface area contributed by atoms with Crippen LogP contribution in [0.15, 0.2) is 30.3 Å². The molecule has 2 rings (SSSR count). The maximum absolute atomic E-state index is 6.24. The van der Waals surface area contributed by atoms with Gasteiger partial charge in [-0.1, -0.05) is 30.3 Å². The molecule has 0 aromatic heterocycles. The van der Waals surface area contributed by atoms with Crippen molar-refractivity contribution < 1.29 is 0 Å². The minimum Gasteiger partial charge on any atom is -0.324 e. The molecule has 1 atom stereocenters. The minimum absolute atomic E-state index is 0.0375. The highest BCUT2D eigenvalue weighted by atomic mass is 15.0. The molecule has 3 N–H and O–H groups in total. The summed E-state index contributed by atoms with van der Waals surface area (Å²) in [5, 5.41) is 3.32. The Hall–Kier alpha value is -0.860. The van der Waals surface area contributed by atoms with E-state index in [-0.39, 0.29) is 5.54 Å². The minimum atomic E-state index is 0.0375. The Morgan fingerprint density at radius 2 is 2.07 bits per heavy atom. The molecule has 76 valence electrons. The van der Waals surface area contributed by atoms with Gasteiger partial charge in [0.25, 0.3) is 0 Å². The Morgan fingerprint density at radius 3 is 2.71 bits per heavy atom. The van der Waals surface area contributed by atoms with Gasteiger partial charge in [-0.2, -0.15) is 0 Å². The lowest BCUT2D eigenvalue weighted by atomic mass is 9.92. The molecule has 1 unspecified atom stereocenters. The number of nitrogens with two attached hydrogens (primary N) is 1. The average Bonchev–Trinajstić information content (AvgIpc) is 2.65. The summed E-state index contributed by atoms with van der Waals surface area (Å²) in [5.41, 5.74) is 7.67. The fraction of sp³-hybridized carbons (Fsp3) is 0.500. The molecule has 1 aromatic carbocycles. The zero-order valence-electron chi connectivity index (χ0n) is 8.50. The maximum Gasteiger partial charge on any atom is 0.0296 e. The van der Waals surface area contributed by atoms with E-state index in [0.717, 1.165) is 32.4 Å². The van der Waals surface area contributed by atoms with E-state index >= 15 is 0 Å². The lowest BCUT2D eigenvalue weighted by Crippen LogP contribution is -2.42. The first-order valence-corrected chi connectivity index (χ1v) is 5.32. The third-order valence-corrected chi connectivity index (χ3v) is 3.03. The first-order chi connectivity index (χ1) is 6.79. The third kappa shape index (κ3) is 2.34. The van der Waals surface area contributed by atoms with Crippen LogP contribution in [0.25, 0.3) is 0 Å². The van der Waals surface area contributed by atoms with Crippen LogP contribution < -0.4 is 11.1 Å². The Labute approximate surface area is 85.5 Å². The molecular formula is C12H18N2. The summed E-state index contributed by atoms with van der Waals surface area (Å²) in [5.74, 6) is 0. The molecule has 2 nitrogen and oxygen atoms in total. The van der Waals surface area contributed by atoms with Crippen molar-refractivity contribution in [1.29, 1.82) is 0 Å². The summed E-state index contributed by atoms with van der Waals surface area (Å²) in [6.45, 7) is 2.05. The van der Waals surface area contributed by atoms with Crippen molar-refractivity contribution in [2.75, 3.05) is 13.1 Å². The molecular weight excluding hydrogens is 172 g/mol. The van der Waals surface area contributed by atoms with Crippen LogP contribution in [0.3, 0.4) is 0 Å². The third-order valence-electron chi connectivity index (χ3n) is 3.03. The van der Waals surface area contributed by atoms with E-state index in [2.05, 4.69) is 35.6 Å². The average molecular weight is 190 g/mol. The summed E-state index contributed by atoms with van der Waals surface area (Å²) in [6.07, 6.45) is 3.29. The number of hydrogen-bond donors (Lipinski definition) is 2. The van der Waals surface area contributed by atoms with Crippen LogP contribution >= 0.6 is 0 Å². The summed E-state index contributed by atoms with van der Waals surface area (Å²) < 4.78 is 0. The van der Waals surface area contributed by atoms with Crippen molar-refractivity contribution >= 4 is 0 Å². The van der Waals surface area contributed by atoms with Crippen molar-refractivity contribution in [2.24, 2.45) is 5.73 Å². The van der Waals surface area contributed by atoms with E-state index in [1.54, 1.807) is 0 Å². The number of nitrogens with one attached hydrogen (secondary N) is 1. The Morgan fingerprint density at radius 1 is 1.29 bits per heavy atom. The zero-order chi connectivity index (χ0) is 9.86. The lowest BCUT2D eigenvalue weighted by molar-refractivity contribution is 0.432. The second-order valence-electron chi connectivity index (χ2n) is 4.27. The second kappa shape index (κ2) is 4.11. The number of hydrogen-bond acceptors (Lipinski definition) is 2. The second-order valence-corrected chi connectivity index (χ2v) is 4.27. The molecule has 1 aliphatic heterocycles. The molecule has 0 saturated carbocycles. The van der Waals surface area contributed by atoms with Crippen molar-refractivity contribution in [2.45, 2.75) is 24.8 Å². The Balaban J connectivity index is 1.88. The van der Waals surface area contributed by atoms with Gasteiger partial charge < -0.3 is 11.1 Å². The van der Waals surface area contributed by atoms with Crippen LogP contribution in [0.2, 0.25) is 0 Å². The van der Waals surface area contributed by atoms with E-state index in [4.69, 9.17) is 5.73 Å². The summed E-state index contributed by atoms with van der Waals surface area (Å²) in [6, 6.07) is 10.6. The van der Waals surface area contributed by atoms with E-state index in [1.807, 2.05) is 0 Å². The molecule has 1 saturated heterocycles. The van der Waals surface area contributed by atoms with Crippen LogP contribution in [-0.2, 0) is 6.42 Å². The van der Waals surface area contributed by atoms with Gasteiger partial charge >= 0.3 is 0 Å². The quantitative estimate of drug-likeness (QED) is 0.754. The van der Waals surface area contributed by atoms with Gasteiger partial charge in [-0.25, -0.2) is 0 Å². The molecule has 0 bridgehead atoms. The van der Waals surface area contributed by atoms with Crippen LogP contribution in [0, 0.1) is 0 Å². The van der Waals surface area contributed by atoms with Crippen LogP contribution in [-0.4, -0.2) is 18.6 Å². The molecule has 1 fully saturated rings. The molecule has 1 aliphatic rings. The van der Waals surface area contributed by atoms with Crippen LogP contribution in [0.1, 0.15) is 18.4 Å². The molecule has 0 radical (unpaired) electrons. The SMILES string of the molecule is NC1(CCc2ccccc2)CCNC1. The Kier molecular flexibility index (Phi) is 2.85. The molecule has 0 amide bonds. The van der Waals surface area contributed by atoms with Gasteiger partial charge in [0.05, 0.1) is 0 Å². The van der Waals surface area contributed by atoms with E-state index in [1.165, 1.54) is 5.56 Å². The number of rotatable bonds is 3. The van der Waals surface area contributed by atoms with Gasteiger partial charge in [0.2, 0.25) is 0 Å². The zero-order valence-corrected chi connectivity index (χ0v) is 8.50.